The van der Waals surface area contributed by atoms with Crippen molar-refractivity contribution in [2.75, 3.05) is 13.2 Å². The molecule has 2 unspecified atom stereocenters. The van der Waals surface area contributed by atoms with Crippen LogP contribution < -0.4 is 0 Å². The molecule has 102 valence electrons. The number of hydrogen-bond acceptors (Lipinski definition) is 5. The van der Waals surface area contributed by atoms with Gasteiger partial charge in [0.2, 0.25) is 5.89 Å². The normalized spacial score (nSPS) is 25.3. The van der Waals surface area contributed by atoms with Gasteiger partial charge >= 0.3 is 0 Å². The van der Waals surface area contributed by atoms with Crippen LogP contribution in [0.25, 0.3) is 0 Å². The lowest BCUT2D eigenvalue weighted by molar-refractivity contribution is -0.0149. The van der Waals surface area contributed by atoms with Crippen LogP contribution in [0.15, 0.2) is 4.52 Å². The van der Waals surface area contributed by atoms with Crippen LogP contribution in [0.4, 0.5) is 0 Å². The topological polar surface area (TPSA) is 68.4 Å². The smallest absolute Gasteiger partial charge is 0.234 e. The summed E-state index contributed by atoms with van der Waals surface area (Å²) in [4.78, 5) is 4.37. The van der Waals surface area contributed by atoms with Gasteiger partial charge in [-0.3, -0.25) is 0 Å². The zero-order valence-electron chi connectivity index (χ0n) is 11.3. The molecule has 0 bridgehead atoms. The van der Waals surface area contributed by atoms with Crippen molar-refractivity contribution in [3.63, 3.8) is 0 Å². The summed E-state index contributed by atoms with van der Waals surface area (Å²) in [6.07, 6.45) is 2.01. The number of hydrogen-bond donors (Lipinski definition) is 1. The highest BCUT2D eigenvalue weighted by molar-refractivity contribution is 4.99. The second-order valence-electron chi connectivity index (χ2n) is 6.15. The van der Waals surface area contributed by atoms with Crippen LogP contribution in [-0.2, 0) is 11.2 Å². The predicted molar refractivity (Wildman–Crippen MR) is 66.3 cm³/mol. The molecule has 1 fully saturated rings. The maximum atomic E-state index is 9.88. The summed E-state index contributed by atoms with van der Waals surface area (Å²) in [6.45, 7) is 7.62. The van der Waals surface area contributed by atoms with E-state index in [0.717, 1.165) is 18.7 Å². The first-order valence-corrected chi connectivity index (χ1v) is 6.54. The molecule has 2 heterocycles. The molecule has 1 N–H and O–H groups in total. The Morgan fingerprint density at radius 2 is 2.17 bits per heavy atom. The van der Waals surface area contributed by atoms with Crippen LogP contribution in [0.5, 0.6) is 0 Å². The third-order valence-corrected chi connectivity index (χ3v) is 3.22. The third-order valence-electron chi connectivity index (χ3n) is 3.22. The number of rotatable bonds is 3. The van der Waals surface area contributed by atoms with Gasteiger partial charge < -0.3 is 14.4 Å². The van der Waals surface area contributed by atoms with E-state index < -0.39 is 6.10 Å². The molecule has 2 rings (SSSR count). The van der Waals surface area contributed by atoms with E-state index in [-0.39, 0.29) is 11.3 Å². The molecular formula is C13H22N2O3. The summed E-state index contributed by atoms with van der Waals surface area (Å²) in [5.74, 6) is 1.05. The maximum absolute atomic E-state index is 9.88. The fourth-order valence-electron chi connectivity index (χ4n) is 1.97. The zero-order valence-corrected chi connectivity index (χ0v) is 11.3. The zero-order chi connectivity index (χ0) is 13.2. The second kappa shape index (κ2) is 5.36. The number of aryl methyl sites for hydroxylation is 1. The Bertz CT molecular complexity index is 384. The van der Waals surface area contributed by atoms with Gasteiger partial charge in [0.15, 0.2) is 5.82 Å². The number of aromatic nitrogens is 2. The predicted octanol–water partition coefficient (Wildman–Crippen LogP) is 1.91. The Balaban J connectivity index is 1.97. The minimum Gasteiger partial charge on any atom is -0.392 e. The number of aliphatic hydroxyl groups excluding tert-OH is 1. The molecule has 0 aliphatic carbocycles. The number of ether oxygens (including phenoxy) is 1. The van der Waals surface area contributed by atoms with Gasteiger partial charge in [-0.2, -0.15) is 4.98 Å². The van der Waals surface area contributed by atoms with Gasteiger partial charge in [0, 0.05) is 13.0 Å². The van der Waals surface area contributed by atoms with Gasteiger partial charge in [-0.25, -0.2) is 0 Å². The highest BCUT2D eigenvalue weighted by Gasteiger charge is 2.30. The molecule has 1 aromatic rings. The summed E-state index contributed by atoms with van der Waals surface area (Å²) in [5.41, 5.74) is 0.258. The van der Waals surface area contributed by atoms with Gasteiger partial charge in [0.25, 0.3) is 0 Å². The molecule has 1 saturated heterocycles. The van der Waals surface area contributed by atoms with Crippen LogP contribution in [-0.4, -0.2) is 34.6 Å². The molecule has 0 amide bonds. The fraction of sp³-hybridized carbons (Fsp3) is 0.846. The van der Waals surface area contributed by atoms with E-state index in [0.29, 0.717) is 25.5 Å². The lowest BCUT2D eigenvalue weighted by atomic mass is 9.90. The quantitative estimate of drug-likeness (QED) is 0.892. The lowest BCUT2D eigenvalue weighted by Crippen LogP contribution is -2.30. The first-order chi connectivity index (χ1) is 8.46. The summed E-state index contributed by atoms with van der Waals surface area (Å²) in [6, 6.07) is 0. The van der Waals surface area contributed by atoms with Crippen molar-refractivity contribution in [3.05, 3.63) is 11.7 Å². The van der Waals surface area contributed by atoms with Crippen molar-refractivity contribution in [1.29, 1.82) is 0 Å². The van der Waals surface area contributed by atoms with Gasteiger partial charge in [-0.1, -0.05) is 25.9 Å². The monoisotopic (exact) mass is 254 g/mol. The van der Waals surface area contributed by atoms with Gasteiger partial charge in [0.1, 0.15) is 0 Å². The first kappa shape index (κ1) is 13.5. The molecule has 1 aromatic heterocycles. The Labute approximate surface area is 108 Å². The third kappa shape index (κ3) is 3.53. The van der Waals surface area contributed by atoms with Crippen LogP contribution in [0.2, 0.25) is 0 Å². The van der Waals surface area contributed by atoms with Crippen molar-refractivity contribution < 1.29 is 14.4 Å². The molecule has 5 heteroatoms. The minimum atomic E-state index is -0.435. The highest BCUT2D eigenvalue weighted by Crippen LogP contribution is 2.25. The van der Waals surface area contributed by atoms with E-state index in [1.165, 1.54) is 0 Å². The molecule has 1 aliphatic heterocycles. The lowest BCUT2D eigenvalue weighted by Gasteiger charge is -2.24. The molecule has 0 spiro atoms. The van der Waals surface area contributed by atoms with Gasteiger partial charge in [0.05, 0.1) is 18.6 Å². The Kier molecular flexibility index (Phi) is 4.02. The average molecular weight is 254 g/mol. The van der Waals surface area contributed by atoms with E-state index >= 15 is 0 Å². The van der Waals surface area contributed by atoms with E-state index in [1.807, 2.05) is 0 Å². The largest absolute Gasteiger partial charge is 0.392 e. The molecule has 18 heavy (non-hydrogen) atoms. The van der Waals surface area contributed by atoms with Crippen LogP contribution >= 0.6 is 0 Å². The summed E-state index contributed by atoms with van der Waals surface area (Å²) >= 11 is 0. The average Bonchev–Trinajstić information content (AvgIpc) is 2.75. The van der Waals surface area contributed by atoms with E-state index in [2.05, 4.69) is 30.9 Å². The molecule has 0 saturated carbocycles. The van der Waals surface area contributed by atoms with Crippen LogP contribution in [0.1, 0.15) is 51.2 Å². The van der Waals surface area contributed by atoms with Crippen molar-refractivity contribution in [2.45, 2.75) is 52.1 Å². The molecule has 2 atom stereocenters. The fourth-order valence-corrected chi connectivity index (χ4v) is 1.97. The van der Waals surface area contributed by atoms with E-state index in [1.54, 1.807) is 0 Å². The summed E-state index contributed by atoms with van der Waals surface area (Å²) < 4.78 is 10.6. The standard InChI is InChI=1S/C13H22N2O3/c1-13(2,3)6-4-11-14-12(18-15-11)9-8-17-7-5-10(9)16/h9-10,16H,4-8H2,1-3H3. The van der Waals surface area contributed by atoms with E-state index in [4.69, 9.17) is 9.26 Å². The van der Waals surface area contributed by atoms with Crippen molar-refractivity contribution >= 4 is 0 Å². The molecular weight excluding hydrogens is 232 g/mol. The van der Waals surface area contributed by atoms with E-state index in [9.17, 15) is 5.11 Å². The molecule has 5 nitrogen and oxygen atoms in total. The highest BCUT2D eigenvalue weighted by atomic mass is 16.5. The number of aliphatic hydroxyl groups is 1. The Morgan fingerprint density at radius 1 is 1.39 bits per heavy atom. The van der Waals surface area contributed by atoms with Crippen LogP contribution in [0, 0.1) is 5.41 Å². The molecule has 1 aliphatic rings. The van der Waals surface area contributed by atoms with Crippen molar-refractivity contribution in [1.82, 2.24) is 10.1 Å². The molecule has 0 radical (unpaired) electrons. The molecule has 0 aromatic carbocycles. The Morgan fingerprint density at radius 3 is 2.83 bits per heavy atom. The number of nitrogens with zero attached hydrogens (tertiary/aromatic N) is 2. The summed E-state index contributed by atoms with van der Waals surface area (Å²) in [7, 11) is 0. The SMILES string of the molecule is CC(C)(C)CCc1noc(C2COCCC2O)n1. The second-order valence-corrected chi connectivity index (χ2v) is 6.15. The van der Waals surface area contributed by atoms with Crippen molar-refractivity contribution in [3.8, 4) is 0 Å². The summed E-state index contributed by atoms with van der Waals surface area (Å²) in [5, 5.41) is 13.9. The minimum absolute atomic E-state index is 0.172. The van der Waals surface area contributed by atoms with Crippen LogP contribution in [0.3, 0.4) is 0 Å². The maximum Gasteiger partial charge on any atom is 0.234 e. The van der Waals surface area contributed by atoms with Gasteiger partial charge in [-0.15, -0.1) is 0 Å². The van der Waals surface area contributed by atoms with Crippen molar-refractivity contribution in [2.24, 2.45) is 5.41 Å². The first-order valence-electron chi connectivity index (χ1n) is 6.54. The Hall–Kier alpha value is -0.940. The van der Waals surface area contributed by atoms with Gasteiger partial charge in [-0.05, 0) is 18.3 Å².